The van der Waals surface area contributed by atoms with E-state index in [1.54, 1.807) is 54.9 Å². The van der Waals surface area contributed by atoms with Gasteiger partial charge in [-0.15, -0.1) is 0 Å². The minimum Gasteiger partial charge on any atom is -0.329 e. The SMILES string of the molecule is O=P(O)(On1cccc1)c1ccccc1. The lowest BCUT2D eigenvalue weighted by atomic mass is 10.4. The molecule has 1 N–H and O–H groups in total. The third kappa shape index (κ3) is 2.29. The van der Waals surface area contributed by atoms with Crippen LogP contribution in [0.25, 0.3) is 0 Å². The van der Waals surface area contributed by atoms with E-state index in [1.165, 1.54) is 4.73 Å². The first-order chi connectivity index (χ1) is 7.18. The van der Waals surface area contributed by atoms with E-state index in [0.29, 0.717) is 0 Å². The maximum absolute atomic E-state index is 11.8. The zero-order valence-corrected chi connectivity index (χ0v) is 8.75. The molecule has 1 atom stereocenters. The Hall–Kier alpha value is -1.51. The van der Waals surface area contributed by atoms with E-state index >= 15 is 0 Å². The van der Waals surface area contributed by atoms with E-state index in [1.807, 2.05) is 0 Å². The van der Waals surface area contributed by atoms with Gasteiger partial charge in [-0.3, -0.25) is 0 Å². The summed E-state index contributed by atoms with van der Waals surface area (Å²) in [6.07, 6.45) is 3.12. The summed E-state index contributed by atoms with van der Waals surface area (Å²) in [5, 5.41) is 0.277. The molecule has 0 bridgehead atoms. The van der Waals surface area contributed by atoms with Crippen molar-refractivity contribution in [2.75, 3.05) is 0 Å². The Bertz CT molecular complexity index is 467. The molecule has 0 amide bonds. The Morgan fingerprint density at radius 2 is 1.67 bits per heavy atom. The molecule has 1 unspecified atom stereocenters. The van der Waals surface area contributed by atoms with Crippen LogP contribution in [0, 0.1) is 0 Å². The first-order valence-corrected chi connectivity index (χ1v) is 5.98. The van der Waals surface area contributed by atoms with Crippen LogP contribution in [0.1, 0.15) is 0 Å². The molecular weight excluding hydrogens is 213 g/mol. The van der Waals surface area contributed by atoms with Gasteiger partial charge in [0.2, 0.25) is 0 Å². The third-order valence-electron chi connectivity index (χ3n) is 1.86. The fourth-order valence-corrected chi connectivity index (χ4v) is 2.17. The smallest absolute Gasteiger partial charge is 0.329 e. The lowest BCUT2D eigenvalue weighted by Crippen LogP contribution is -2.15. The zero-order chi connectivity index (χ0) is 10.7. The predicted octanol–water partition coefficient (Wildman–Crippen LogP) is 1.43. The second-order valence-electron chi connectivity index (χ2n) is 2.98. The van der Waals surface area contributed by atoms with E-state index in [4.69, 9.17) is 4.62 Å². The van der Waals surface area contributed by atoms with E-state index in [0.717, 1.165) is 0 Å². The van der Waals surface area contributed by atoms with E-state index in [-0.39, 0.29) is 5.30 Å². The van der Waals surface area contributed by atoms with Crippen LogP contribution in [0.5, 0.6) is 0 Å². The predicted molar refractivity (Wildman–Crippen MR) is 56.9 cm³/mol. The van der Waals surface area contributed by atoms with Crippen LogP contribution in [-0.4, -0.2) is 9.62 Å². The highest BCUT2D eigenvalue weighted by Crippen LogP contribution is 2.36. The van der Waals surface area contributed by atoms with Crippen molar-refractivity contribution in [3.8, 4) is 0 Å². The van der Waals surface area contributed by atoms with Gasteiger partial charge in [0.1, 0.15) is 0 Å². The van der Waals surface area contributed by atoms with Crippen LogP contribution in [0.15, 0.2) is 54.9 Å². The van der Waals surface area contributed by atoms with Crippen LogP contribution in [-0.2, 0) is 4.57 Å². The number of nitrogens with zero attached hydrogens (tertiary/aromatic N) is 1. The summed E-state index contributed by atoms with van der Waals surface area (Å²) >= 11 is 0. The lowest BCUT2D eigenvalue weighted by Gasteiger charge is -2.12. The molecule has 1 aromatic carbocycles. The van der Waals surface area contributed by atoms with Crippen molar-refractivity contribution >= 4 is 12.9 Å². The van der Waals surface area contributed by atoms with Crippen LogP contribution >= 0.6 is 7.60 Å². The molecular formula is C10H10NO3P. The largest absolute Gasteiger partial charge is 0.426 e. The molecule has 78 valence electrons. The van der Waals surface area contributed by atoms with Crippen LogP contribution in [0.3, 0.4) is 0 Å². The van der Waals surface area contributed by atoms with Gasteiger partial charge in [-0.05, 0) is 24.3 Å². The molecule has 1 aromatic heterocycles. The summed E-state index contributed by atoms with van der Waals surface area (Å²) in [7, 11) is -3.77. The zero-order valence-electron chi connectivity index (χ0n) is 7.85. The first kappa shape index (κ1) is 10.0. The summed E-state index contributed by atoms with van der Waals surface area (Å²) in [4.78, 5) is 9.67. The van der Waals surface area contributed by atoms with E-state index < -0.39 is 7.60 Å². The van der Waals surface area contributed by atoms with Crippen molar-refractivity contribution in [2.45, 2.75) is 0 Å². The topological polar surface area (TPSA) is 51.5 Å². The molecule has 15 heavy (non-hydrogen) atoms. The molecule has 2 aromatic rings. The number of hydrogen-bond acceptors (Lipinski definition) is 2. The highest BCUT2D eigenvalue weighted by Gasteiger charge is 2.23. The van der Waals surface area contributed by atoms with Crippen molar-refractivity contribution < 1.29 is 14.1 Å². The van der Waals surface area contributed by atoms with Crippen molar-refractivity contribution in [3.63, 3.8) is 0 Å². The van der Waals surface area contributed by atoms with Gasteiger partial charge >= 0.3 is 7.60 Å². The Morgan fingerprint density at radius 1 is 1.07 bits per heavy atom. The number of aromatic nitrogens is 1. The molecule has 0 aliphatic carbocycles. The van der Waals surface area contributed by atoms with E-state index in [9.17, 15) is 9.46 Å². The lowest BCUT2D eigenvalue weighted by molar-refractivity contribution is 0.240. The van der Waals surface area contributed by atoms with Gasteiger partial charge in [0.15, 0.2) is 0 Å². The molecule has 0 radical (unpaired) electrons. The van der Waals surface area contributed by atoms with Crippen molar-refractivity contribution in [1.29, 1.82) is 0 Å². The molecule has 0 aliphatic heterocycles. The molecule has 0 aliphatic rings. The number of rotatable bonds is 3. The Balaban J connectivity index is 2.25. The molecule has 4 nitrogen and oxygen atoms in total. The van der Waals surface area contributed by atoms with Gasteiger partial charge in [0, 0.05) is 12.4 Å². The monoisotopic (exact) mass is 223 g/mol. The molecule has 0 fully saturated rings. The first-order valence-electron chi connectivity index (χ1n) is 4.40. The standard InChI is InChI=1S/C10H10NO3P/c12-15(13,10-6-2-1-3-7-10)14-11-8-4-5-9-11/h1-9H,(H,12,13). The van der Waals surface area contributed by atoms with Crippen molar-refractivity contribution in [3.05, 3.63) is 54.9 Å². The molecule has 0 saturated carbocycles. The summed E-state index contributed by atoms with van der Waals surface area (Å²) in [6, 6.07) is 11.7. The van der Waals surface area contributed by atoms with Crippen molar-refractivity contribution in [2.24, 2.45) is 0 Å². The maximum Gasteiger partial charge on any atom is 0.426 e. The van der Waals surface area contributed by atoms with Gasteiger partial charge in [-0.25, -0.2) is 4.57 Å². The highest BCUT2D eigenvalue weighted by atomic mass is 31.2. The Labute approximate surface area is 87.2 Å². The van der Waals surface area contributed by atoms with Gasteiger partial charge in [-0.1, -0.05) is 18.2 Å². The highest BCUT2D eigenvalue weighted by molar-refractivity contribution is 7.61. The molecule has 5 heteroatoms. The summed E-state index contributed by atoms with van der Waals surface area (Å²) in [5.74, 6) is 0. The number of benzene rings is 1. The second-order valence-corrected chi connectivity index (χ2v) is 4.70. The summed E-state index contributed by atoms with van der Waals surface area (Å²) in [5.41, 5.74) is 0. The maximum atomic E-state index is 11.8. The molecule has 1 heterocycles. The second kappa shape index (κ2) is 3.93. The van der Waals surface area contributed by atoms with Crippen LogP contribution in [0.4, 0.5) is 0 Å². The minimum atomic E-state index is -3.77. The Kier molecular flexibility index (Phi) is 2.62. The van der Waals surface area contributed by atoms with Gasteiger partial charge in [0.05, 0.1) is 5.30 Å². The fourth-order valence-electron chi connectivity index (χ4n) is 1.16. The quantitative estimate of drug-likeness (QED) is 0.801. The number of hydrogen-bond donors (Lipinski definition) is 1. The molecule has 0 saturated heterocycles. The van der Waals surface area contributed by atoms with Gasteiger partial charge in [-0.2, -0.15) is 4.73 Å². The van der Waals surface area contributed by atoms with Gasteiger partial charge in [0.25, 0.3) is 0 Å². The minimum absolute atomic E-state index is 0.277. The van der Waals surface area contributed by atoms with E-state index in [2.05, 4.69) is 0 Å². The summed E-state index contributed by atoms with van der Waals surface area (Å²) < 4.78 is 18.0. The van der Waals surface area contributed by atoms with Gasteiger partial charge < -0.3 is 9.52 Å². The molecule has 0 spiro atoms. The normalized spacial score (nSPS) is 14.5. The summed E-state index contributed by atoms with van der Waals surface area (Å²) in [6.45, 7) is 0. The Morgan fingerprint density at radius 3 is 2.27 bits per heavy atom. The van der Waals surface area contributed by atoms with Crippen LogP contribution < -0.4 is 9.93 Å². The molecule has 2 rings (SSSR count). The average Bonchev–Trinajstić information content (AvgIpc) is 2.71. The van der Waals surface area contributed by atoms with Crippen LogP contribution in [0.2, 0.25) is 0 Å². The third-order valence-corrected chi connectivity index (χ3v) is 3.23. The van der Waals surface area contributed by atoms with Crippen molar-refractivity contribution in [1.82, 2.24) is 4.73 Å². The average molecular weight is 223 g/mol. The fraction of sp³-hybridized carbons (Fsp3) is 0.